The van der Waals surface area contributed by atoms with Gasteiger partial charge in [0.15, 0.2) is 0 Å². The lowest BCUT2D eigenvalue weighted by atomic mass is 9.81. The van der Waals surface area contributed by atoms with Crippen LogP contribution in [0.5, 0.6) is 11.5 Å². The summed E-state index contributed by atoms with van der Waals surface area (Å²) in [5.74, 6) is 1.71. The Morgan fingerprint density at radius 3 is 1.37 bits per heavy atom. The third-order valence-electron chi connectivity index (χ3n) is 5.25. The van der Waals surface area contributed by atoms with Gasteiger partial charge in [-0.3, -0.25) is 0 Å². The lowest BCUT2D eigenvalue weighted by molar-refractivity contribution is 0.284. The minimum Gasteiger partial charge on any atom is -0.435 e. The van der Waals surface area contributed by atoms with E-state index in [1.54, 1.807) is 0 Å². The summed E-state index contributed by atoms with van der Waals surface area (Å²) in [5, 5.41) is 0. The maximum atomic E-state index is 6.17. The van der Waals surface area contributed by atoms with E-state index in [2.05, 4.69) is 65.8 Å². The third kappa shape index (κ3) is 4.46. The van der Waals surface area contributed by atoms with E-state index >= 15 is 0 Å². The summed E-state index contributed by atoms with van der Waals surface area (Å²) in [6, 6.07) is 8.68. The molecule has 0 saturated heterocycles. The molecule has 0 amide bonds. The van der Waals surface area contributed by atoms with Gasteiger partial charge in [0.2, 0.25) is 0 Å². The van der Waals surface area contributed by atoms with E-state index in [1.165, 1.54) is 0 Å². The highest BCUT2D eigenvalue weighted by atomic mass is 35.7. The smallest absolute Gasteiger partial charge is 0.338 e. The van der Waals surface area contributed by atoms with Gasteiger partial charge in [0.05, 0.1) is 13.2 Å². The van der Waals surface area contributed by atoms with Gasteiger partial charge in [-0.05, 0) is 68.7 Å². The van der Waals surface area contributed by atoms with Gasteiger partial charge >= 0.3 is 15.5 Å². The SMILES string of the molecule is CC(C)(C)c1cc(-c2cc3c(c(C(C)(C)C)c2)OP(Cl)OC3)cc2c1OP(Cl)OC2. The summed E-state index contributed by atoms with van der Waals surface area (Å²) in [5.41, 5.74) is 6.29. The molecule has 4 rings (SSSR count). The first-order valence-electron chi connectivity index (χ1n) is 9.82. The number of hydrogen-bond donors (Lipinski definition) is 0. The van der Waals surface area contributed by atoms with Gasteiger partial charge in [-0.25, -0.2) is 0 Å². The lowest BCUT2D eigenvalue weighted by Crippen LogP contribution is -2.17. The van der Waals surface area contributed by atoms with E-state index in [1.807, 2.05) is 0 Å². The van der Waals surface area contributed by atoms with Crippen molar-refractivity contribution in [1.82, 2.24) is 0 Å². The van der Waals surface area contributed by atoms with E-state index in [4.69, 9.17) is 40.6 Å². The van der Waals surface area contributed by atoms with Crippen LogP contribution >= 0.6 is 37.9 Å². The fourth-order valence-electron chi connectivity index (χ4n) is 3.69. The van der Waals surface area contributed by atoms with Crippen LogP contribution in [0.3, 0.4) is 0 Å². The third-order valence-corrected chi connectivity index (χ3v) is 7.57. The van der Waals surface area contributed by atoms with Crippen molar-refractivity contribution in [3.63, 3.8) is 0 Å². The molecule has 0 aromatic heterocycles. The fraction of sp³-hybridized carbons (Fsp3) is 0.455. The van der Waals surface area contributed by atoms with E-state index in [0.29, 0.717) is 13.2 Å². The van der Waals surface area contributed by atoms with Crippen molar-refractivity contribution in [2.24, 2.45) is 0 Å². The van der Waals surface area contributed by atoms with Gasteiger partial charge in [0.1, 0.15) is 11.5 Å². The van der Waals surface area contributed by atoms with E-state index in [-0.39, 0.29) is 10.8 Å². The molecule has 8 heteroatoms. The predicted molar refractivity (Wildman–Crippen MR) is 126 cm³/mol. The fourth-order valence-corrected chi connectivity index (χ4v) is 5.70. The van der Waals surface area contributed by atoms with E-state index < -0.39 is 15.5 Å². The van der Waals surface area contributed by atoms with Crippen LogP contribution in [0.25, 0.3) is 11.1 Å². The van der Waals surface area contributed by atoms with E-state index in [0.717, 1.165) is 44.9 Å². The van der Waals surface area contributed by atoms with Crippen molar-refractivity contribution in [3.05, 3.63) is 46.5 Å². The van der Waals surface area contributed by atoms with Crippen molar-refractivity contribution >= 4 is 37.9 Å². The Hall–Kier alpha value is -0.600. The second-order valence-corrected chi connectivity index (χ2v) is 13.1. The molecular weight excluding hydrogens is 461 g/mol. The Morgan fingerprint density at radius 1 is 0.667 bits per heavy atom. The van der Waals surface area contributed by atoms with E-state index in [9.17, 15) is 0 Å². The second-order valence-electron chi connectivity index (χ2n) is 9.68. The summed E-state index contributed by atoms with van der Waals surface area (Å²) < 4.78 is 23.0. The van der Waals surface area contributed by atoms with Gasteiger partial charge in [0.25, 0.3) is 0 Å². The van der Waals surface area contributed by atoms with Crippen LogP contribution in [0.1, 0.15) is 63.8 Å². The largest absolute Gasteiger partial charge is 0.435 e. The quantitative estimate of drug-likeness (QED) is 0.377. The molecule has 162 valence electrons. The summed E-state index contributed by atoms with van der Waals surface area (Å²) in [7, 11) is -2.82. The van der Waals surface area contributed by atoms with Gasteiger partial charge in [0, 0.05) is 22.3 Å². The molecule has 2 heterocycles. The molecule has 30 heavy (non-hydrogen) atoms. The molecule has 0 fully saturated rings. The first-order chi connectivity index (χ1) is 13.9. The molecule has 2 aliphatic rings. The van der Waals surface area contributed by atoms with Crippen molar-refractivity contribution < 1.29 is 18.1 Å². The Morgan fingerprint density at radius 2 is 1.03 bits per heavy atom. The number of hydrogen-bond acceptors (Lipinski definition) is 4. The summed E-state index contributed by atoms with van der Waals surface area (Å²) in [6.07, 6.45) is 0. The van der Waals surface area contributed by atoms with Crippen molar-refractivity contribution in [2.45, 2.75) is 65.6 Å². The minimum absolute atomic E-state index is 0.105. The average molecular weight is 487 g/mol. The second kappa shape index (κ2) is 8.07. The Labute approximate surface area is 190 Å². The molecule has 0 bridgehead atoms. The molecule has 0 spiro atoms. The van der Waals surface area contributed by atoms with Crippen molar-refractivity contribution in [3.8, 4) is 22.6 Å². The molecule has 0 radical (unpaired) electrons. The molecule has 2 aromatic carbocycles. The van der Waals surface area contributed by atoms with Gasteiger partial charge < -0.3 is 18.1 Å². The molecule has 4 nitrogen and oxygen atoms in total. The highest BCUT2D eigenvalue weighted by molar-refractivity contribution is 7.76. The molecule has 0 saturated carbocycles. The maximum Gasteiger partial charge on any atom is 0.338 e. The standard InChI is InChI=1S/C22H26Cl2O4P2/c1-21(2,3)17-9-13(7-15-11-25-29(23)27-19(15)17)14-8-16-12-26-30(24)28-20(16)18(10-14)22(4,5)6/h7-10H,11-12H2,1-6H3. The van der Waals surface area contributed by atoms with Gasteiger partial charge in [-0.15, -0.1) is 0 Å². The first kappa shape index (κ1) is 22.6. The highest BCUT2D eigenvalue weighted by Crippen LogP contribution is 2.55. The highest BCUT2D eigenvalue weighted by Gasteiger charge is 2.31. The predicted octanol–water partition coefficient (Wildman–Crippen LogP) is 8.70. The van der Waals surface area contributed by atoms with Gasteiger partial charge in [-0.1, -0.05) is 41.5 Å². The first-order valence-corrected chi connectivity index (χ1v) is 14.0. The van der Waals surface area contributed by atoms with Crippen LogP contribution in [-0.4, -0.2) is 0 Å². The van der Waals surface area contributed by atoms with Crippen LogP contribution in [0.2, 0.25) is 0 Å². The van der Waals surface area contributed by atoms with Crippen molar-refractivity contribution in [1.29, 1.82) is 0 Å². The minimum atomic E-state index is -1.41. The van der Waals surface area contributed by atoms with Crippen LogP contribution in [-0.2, 0) is 33.1 Å². The summed E-state index contributed by atoms with van der Waals surface area (Å²) in [6.45, 7) is 14.0. The van der Waals surface area contributed by atoms with Crippen LogP contribution in [0.15, 0.2) is 24.3 Å². The average Bonchev–Trinajstić information content (AvgIpc) is 2.64. The van der Waals surface area contributed by atoms with Crippen LogP contribution in [0, 0.1) is 0 Å². The van der Waals surface area contributed by atoms with Gasteiger partial charge in [-0.2, -0.15) is 0 Å². The number of halogens is 2. The molecule has 2 aliphatic heterocycles. The molecule has 2 atom stereocenters. The molecular formula is C22H26Cl2O4P2. The number of rotatable bonds is 1. The van der Waals surface area contributed by atoms with Crippen molar-refractivity contribution in [2.75, 3.05) is 0 Å². The molecule has 0 aliphatic carbocycles. The molecule has 2 unspecified atom stereocenters. The Kier molecular flexibility index (Phi) is 6.08. The number of benzene rings is 2. The molecule has 2 aromatic rings. The maximum absolute atomic E-state index is 6.17. The topological polar surface area (TPSA) is 36.9 Å². The monoisotopic (exact) mass is 486 g/mol. The summed E-state index contributed by atoms with van der Waals surface area (Å²) >= 11 is 12.3. The zero-order valence-electron chi connectivity index (χ0n) is 18.0. The zero-order valence-corrected chi connectivity index (χ0v) is 21.3. The normalized spacial score (nSPS) is 21.3. The zero-order chi connectivity index (χ0) is 21.8. The summed E-state index contributed by atoms with van der Waals surface area (Å²) in [4.78, 5) is 0. The van der Waals surface area contributed by atoms with Crippen LogP contribution < -0.4 is 9.05 Å². The Balaban J connectivity index is 1.91. The number of fused-ring (bicyclic) bond motifs is 2. The lowest BCUT2D eigenvalue weighted by Gasteiger charge is -2.31. The Bertz CT molecular complexity index is 903. The molecule has 0 N–H and O–H groups in total. The van der Waals surface area contributed by atoms with Crippen LogP contribution in [0.4, 0.5) is 0 Å².